The van der Waals surface area contributed by atoms with Crippen LogP contribution in [0.15, 0.2) is 124 Å². The van der Waals surface area contributed by atoms with Crippen molar-refractivity contribution in [3.8, 4) is 11.4 Å². The number of aromatic nitrogens is 2. The number of nitrogens with zero attached hydrogens (tertiary/aromatic N) is 2. The topological polar surface area (TPSA) is 26.9 Å². The van der Waals surface area contributed by atoms with Crippen LogP contribution in [0, 0.1) is 0 Å². The zero-order valence-corrected chi connectivity index (χ0v) is 19.4. The van der Waals surface area contributed by atoms with Crippen LogP contribution in [0.2, 0.25) is 0 Å². The fraction of sp³-hybridized carbons (Fsp3) is 0. The molecule has 1 aliphatic heterocycles. The van der Waals surface area contributed by atoms with E-state index in [2.05, 4.69) is 77.4 Å². The van der Waals surface area contributed by atoms with Gasteiger partial charge in [-0.3, -0.25) is 9.36 Å². The number of hydrogen-bond donors (Lipinski definition) is 0. The molecule has 1 aliphatic rings. The first-order valence-electron chi connectivity index (χ1n) is 11.7. The first-order valence-corrected chi connectivity index (χ1v) is 12.5. The highest BCUT2D eigenvalue weighted by Crippen LogP contribution is 2.45. The Labute approximate surface area is 204 Å². The van der Waals surface area contributed by atoms with Gasteiger partial charge in [0, 0.05) is 37.0 Å². The highest BCUT2D eigenvalue weighted by Gasteiger charge is 2.24. The van der Waals surface area contributed by atoms with E-state index in [1.54, 1.807) is 11.8 Å². The molecule has 4 heteroatoms. The minimum atomic E-state index is 0.0340. The van der Waals surface area contributed by atoms with Gasteiger partial charge in [-0.05, 0) is 47.9 Å². The monoisotopic (exact) mass is 466 g/mol. The second-order valence-electron chi connectivity index (χ2n) is 8.97. The van der Waals surface area contributed by atoms with Crippen molar-refractivity contribution in [2.24, 2.45) is 0 Å². The van der Waals surface area contributed by atoms with Gasteiger partial charge in [-0.1, -0.05) is 78.5 Å². The van der Waals surface area contributed by atoms with Crippen molar-refractivity contribution in [2.75, 3.05) is 0 Å². The number of fused-ring (bicyclic) bond motifs is 7. The summed E-state index contributed by atoms with van der Waals surface area (Å²) >= 11 is 1.74. The number of hydrogen-bond acceptors (Lipinski definition) is 2. The maximum atomic E-state index is 13.7. The summed E-state index contributed by atoms with van der Waals surface area (Å²) in [5.74, 6) is 0. The van der Waals surface area contributed by atoms with E-state index in [1.165, 1.54) is 21.8 Å². The molecule has 7 aromatic rings. The second-order valence-corrected chi connectivity index (χ2v) is 10.0. The maximum Gasteiger partial charge on any atom is 0.263 e. The van der Waals surface area contributed by atoms with Gasteiger partial charge in [0.1, 0.15) is 0 Å². The predicted molar refractivity (Wildman–Crippen MR) is 146 cm³/mol. The first-order chi connectivity index (χ1) is 17.3. The van der Waals surface area contributed by atoms with Crippen molar-refractivity contribution in [1.82, 2.24) is 9.13 Å². The SMILES string of the molecule is O=c1c2ccccc2c2cc(-n3c4ccccc4c4ccccc43)cc3c2n1-c1ccccc1S3. The van der Waals surface area contributed by atoms with Crippen molar-refractivity contribution in [3.05, 3.63) is 120 Å². The lowest BCUT2D eigenvalue weighted by molar-refractivity contribution is 0.997. The minimum absolute atomic E-state index is 0.0340. The average molecular weight is 467 g/mol. The normalized spacial score (nSPS) is 12.6. The number of benzene rings is 5. The maximum absolute atomic E-state index is 13.7. The molecule has 0 radical (unpaired) electrons. The molecule has 0 spiro atoms. The van der Waals surface area contributed by atoms with Crippen molar-refractivity contribution in [1.29, 1.82) is 0 Å². The lowest BCUT2D eigenvalue weighted by atomic mass is 10.0. The molecule has 0 fully saturated rings. The minimum Gasteiger partial charge on any atom is -0.309 e. The molecule has 0 amide bonds. The van der Waals surface area contributed by atoms with Gasteiger partial charge in [0.2, 0.25) is 0 Å². The lowest BCUT2D eigenvalue weighted by Crippen LogP contribution is -2.22. The van der Waals surface area contributed by atoms with E-state index in [1.807, 2.05) is 41.0 Å². The molecule has 2 aromatic heterocycles. The molecule has 0 saturated carbocycles. The highest BCUT2D eigenvalue weighted by molar-refractivity contribution is 7.99. The molecular weight excluding hydrogens is 448 g/mol. The van der Waals surface area contributed by atoms with E-state index >= 15 is 0 Å². The third-order valence-corrected chi connectivity index (χ3v) is 8.19. The molecule has 0 saturated heterocycles. The summed E-state index contributed by atoms with van der Waals surface area (Å²) in [6.07, 6.45) is 0. The van der Waals surface area contributed by atoms with E-state index < -0.39 is 0 Å². The fourth-order valence-electron chi connectivity index (χ4n) is 5.64. The van der Waals surface area contributed by atoms with Crippen LogP contribution in [0.4, 0.5) is 0 Å². The summed E-state index contributed by atoms with van der Waals surface area (Å²) in [4.78, 5) is 15.9. The summed E-state index contributed by atoms with van der Waals surface area (Å²) in [6.45, 7) is 0. The second kappa shape index (κ2) is 6.87. The van der Waals surface area contributed by atoms with Crippen LogP contribution in [0.25, 0.3) is 54.9 Å². The molecule has 0 atom stereocenters. The Morgan fingerprint density at radius 1 is 0.514 bits per heavy atom. The lowest BCUT2D eigenvalue weighted by Gasteiger charge is -2.24. The van der Waals surface area contributed by atoms with Gasteiger partial charge < -0.3 is 4.57 Å². The van der Waals surface area contributed by atoms with E-state index in [0.717, 1.165) is 42.8 Å². The van der Waals surface area contributed by atoms with Crippen molar-refractivity contribution >= 4 is 55.2 Å². The number of rotatable bonds is 1. The number of pyridine rings is 1. The Balaban J connectivity index is 1.59. The van der Waals surface area contributed by atoms with Crippen LogP contribution in [0.3, 0.4) is 0 Å². The summed E-state index contributed by atoms with van der Waals surface area (Å²) in [5.41, 5.74) is 5.44. The molecule has 5 aromatic carbocycles. The van der Waals surface area contributed by atoms with Crippen molar-refractivity contribution in [2.45, 2.75) is 9.79 Å². The highest BCUT2D eigenvalue weighted by atomic mass is 32.2. The summed E-state index contributed by atoms with van der Waals surface area (Å²) in [5, 5.41) is 5.31. The fourth-order valence-corrected chi connectivity index (χ4v) is 6.76. The molecule has 0 unspecified atom stereocenters. The van der Waals surface area contributed by atoms with Crippen LogP contribution in [-0.4, -0.2) is 9.13 Å². The summed E-state index contributed by atoms with van der Waals surface area (Å²) in [6, 6.07) is 37.8. The van der Waals surface area contributed by atoms with Gasteiger partial charge in [-0.15, -0.1) is 0 Å². The molecule has 0 aliphatic carbocycles. The quantitative estimate of drug-likeness (QED) is 0.232. The molecule has 35 heavy (non-hydrogen) atoms. The van der Waals surface area contributed by atoms with E-state index in [0.29, 0.717) is 0 Å². The Morgan fingerprint density at radius 3 is 1.86 bits per heavy atom. The molecule has 3 heterocycles. The van der Waals surface area contributed by atoms with E-state index in [9.17, 15) is 4.79 Å². The van der Waals surface area contributed by atoms with E-state index in [4.69, 9.17) is 0 Å². The van der Waals surface area contributed by atoms with E-state index in [-0.39, 0.29) is 5.56 Å². The van der Waals surface area contributed by atoms with Gasteiger partial charge >= 0.3 is 0 Å². The van der Waals surface area contributed by atoms with Crippen LogP contribution in [-0.2, 0) is 0 Å². The van der Waals surface area contributed by atoms with Gasteiger partial charge in [-0.25, -0.2) is 0 Å². The van der Waals surface area contributed by atoms with Crippen LogP contribution < -0.4 is 5.56 Å². The Bertz CT molecular complexity index is 2010. The Kier molecular flexibility index (Phi) is 3.75. The smallest absolute Gasteiger partial charge is 0.263 e. The average Bonchev–Trinajstić information content (AvgIpc) is 3.25. The largest absolute Gasteiger partial charge is 0.309 e. The number of para-hydroxylation sites is 3. The molecule has 0 bridgehead atoms. The van der Waals surface area contributed by atoms with Crippen molar-refractivity contribution in [3.63, 3.8) is 0 Å². The molecule has 0 N–H and O–H groups in total. The van der Waals surface area contributed by atoms with Crippen molar-refractivity contribution < 1.29 is 0 Å². The molecular formula is C31H18N2OS. The summed E-state index contributed by atoms with van der Waals surface area (Å²) in [7, 11) is 0. The molecule has 164 valence electrons. The molecule has 8 rings (SSSR count). The van der Waals surface area contributed by atoms with Gasteiger partial charge in [0.05, 0.1) is 22.2 Å². The summed E-state index contributed by atoms with van der Waals surface area (Å²) < 4.78 is 4.26. The zero-order valence-electron chi connectivity index (χ0n) is 18.6. The van der Waals surface area contributed by atoms with Crippen LogP contribution in [0.5, 0.6) is 0 Å². The third-order valence-electron chi connectivity index (χ3n) is 7.10. The zero-order chi connectivity index (χ0) is 23.1. The Hall–Kier alpha value is -4.28. The third kappa shape index (κ3) is 2.49. The predicted octanol–water partition coefficient (Wildman–Crippen LogP) is 7.71. The molecule has 3 nitrogen and oxygen atoms in total. The van der Waals surface area contributed by atoms with Gasteiger partial charge in [-0.2, -0.15) is 0 Å². The standard InChI is InChI=1S/C31H18N2OS/c34-31-23-12-2-1-9-20(23)24-17-19(18-29-30(24)33(31)27-15-7-8-16-28(27)35-29)32-25-13-5-3-10-21(25)22-11-4-6-14-26(22)32/h1-18H. The first kappa shape index (κ1) is 19.1. The van der Waals surface area contributed by atoms with Crippen LogP contribution >= 0.6 is 11.8 Å². The van der Waals surface area contributed by atoms with Crippen LogP contribution in [0.1, 0.15) is 0 Å². The Morgan fingerprint density at radius 2 is 1.11 bits per heavy atom. The van der Waals surface area contributed by atoms with Gasteiger partial charge in [0.15, 0.2) is 0 Å². The van der Waals surface area contributed by atoms with Gasteiger partial charge in [0.25, 0.3) is 5.56 Å².